The first-order valence-electron chi connectivity index (χ1n) is 6.08. The highest BCUT2D eigenvalue weighted by atomic mass is 79.9. The van der Waals surface area contributed by atoms with E-state index in [2.05, 4.69) is 26.6 Å². The summed E-state index contributed by atoms with van der Waals surface area (Å²) >= 11 is 3.11. The van der Waals surface area contributed by atoms with Crippen LogP contribution in [0.25, 0.3) is 0 Å². The summed E-state index contributed by atoms with van der Waals surface area (Å²) in [7, 11) is 0. The molecule has 0 bridgehead atoms. The van der Waals surface area contributed by atoms with Gasteiger partial charge in [0, 0.05) is 11.0 Å². The van der Waals surface area contributed by atoms with Crippen molar-refractivity contribution in [2.24, 2.45) is 0 Å². The lowest BCUT2D eigenvalue weighted by atomic mass is 10.2. The van der Waals surface area contributed by atoms with Crippen molar-refractivity contribution >= 4 is 33.4 Å². The highest BCUT2D eigenvalue weighted by Gasteiger charge is 2.14. The molecule has 2 amide bonds. The smallest absolute Gasteiger partial charge is 0.313 e. The van der Waals surface area contributed by atoms with Gasteiger partial charge in [0.05, 0.1) is 5.69 Å². The van der Waals surface area contributed by atoms with Crippen molar-refractivity contribution in [3.8, 4) is 0 Å². The fourth-order valence-corrected chi connectivity index (χ4v) is 1.76. The summed E-state index contributed by atoms with van der Waals surface area (Å²) in [5, 5.41) is 4.72. The van der Waals surface area contributed by atoms with Gasteiger partial charge in [-0.3, -0.25) is 9.59 Å². The summed E-state index contributed by atoms with van der Waals surface area (Å²) in [4.78, 5) is 22.9. The van der Waals surface area contributed by atoms with E-state index in [-0.39, 0.29) is 5.69 Å². The van der Waals surface area contributed by atoms with Gasteiger partial charge in [-0.25, -0.2) is 4.39 Å². The maximum atomic E-state index is 13.5. The van der Waals surface area contributed by atoms with Crippen LogP contribution in [0, 0.1) is 5.82 Å². The Morgan fingerprint density at radius 3 is 2.63 bits per heavy atom. The van der Waals surface area contributed by atoms with Crippen LogP contribution in [-0.2, 0) is 9.59 Å². The van der Waals surface area contributed by atoms with Crippen molar-refractivity contribution < 1.29 is 14.0 Å². The van der Waals surface area contributed by atoms with E-state index < -0.39 is 17.6 Å². The molecular formula is C13H16BrFN2O2. The first-order valence-corrected chi connectivity index (χ1v) is 6.88. The van der Waals surface area contributed by atoms with Gasteiger partial charge in [-0.05, 0) is 24.6 Å². The maximum absolute atomic E-state index is 13.5. The fraction of sp³-hybridized carbons (Fsp3) is 0.385. The van der Waals surface area contributed by atoms with Crippen molar-refractivity contribution in [2.45, 2.75) is 26.2 Å². The molecule has 1 aromatic carbocycles. The van der Waals surface area contributed by atoms with Gasteiger partial charge < -0.3 is 10.6 Å². The number of benzene rings is 1. The average Bonchev–Trinajstić information content (AvgIpc) is 2.37. The Kier molecular flexibility index (Phi) is 6.49. The zero-order chi connectivity index (χ0) is 14.3. The molecule has 0 heterocycles. The molecule has 1 rings (SSSR count). The predicted molar refractivity (Wildman–Crippen MR) is 75.3 cm³/mol. The lowest BCUT2D eigenvalue weighted by Crippen LogP contribution is -2.36. The molecule has 0 saturated heterocycles. The van der Waals surface area contributed by atoms with Crippen LogP contribution in [-0.4, -0.2) is 18.4 Å². The monoisotopic (exact) mass is 330 g/mol. The third kappa shape index (κ3) is 5.38. The van der Waals surface area contributed by atoms with Gasteiger partial charge in [0.25, 0.3) is 0 Å². The second-order valence-electron chi connectivity index (χ2n) is 4.04. The highest BCUT2D eigenvalue weighted by molar-refractivity contribution is 9.10. The van der Waals surface area contributed by atoms with Crippen LogP contribution in [0.5, 0.6) is 0 Å². The van der Waals surface area contributed by atoms with Crippen LogP contribution in [0.2, 0.25) is 0 Å². The third-order valence-corrected chi connectivity index (χ3v) is 2.94. The number of carbonyl (C=O) groups excluding carboxylic acids is 2. The average molecular weight is 331 g/mol. The Bertz CT molecular complexity index is 466. The third-order valence-electron chi connectivity index (χ3n) is 2.45. The molecular weight excluding hydrogens is 315 g/mol. The fourth-order valence-electron chi connectivity index (χ4n) is 1.43. The SMILES string of the molecule is CCCCCNC(=O)C(=O)Nc1ccc(Br)cc1F. The van der Waals surface area contributed by atoms with Crippen molar-refractivity contribution in [1.82, 2.24) is 5.32 Å². The first kappa shape index (κ1) is 15.6. The minimum Gasteiger partial charge on any atom is -0.348 e. The highest BCUT2D eigenvalue weighted by Crippen LogP contribution is 2.19. The number of rotatable bonds is 5. The molecule has 0 unspecified atom stereocenters. The maximum Gasteiger partial charge on any atom is 0.313 e. The summed E-state index contributed by atoms with van der Waals surface area (Å²) in [6.45, 7) is 2.49. The van der Waals surface area contributed by atoms with E-state index in [0.717, 1.165) is 19.3 Å². The second kappa shape index (κ2) is 7.89. The number of hydrogen-bond acceptors (Lipinski definition) is 2. The molecule has 0 radical (unpaired) electrons. The molecule has 0 saturated carbocycles. The number of amides is 2. The van der Waals surface area contributed by atoms with Crippen molar-refractivity contribution in [3.63, 3.8) is 0 Å². The molecule has 0 atom stereocenters. The van der Waals surface area contributed by atoms with Gasteiger partial charge in [0.15, 0.2) is 0 Å². The van der Waals surface area contributed by atoms with Crippen LogP contribution in [0.1, 0.15) is 26.2 Å². The van der Waals surface area contributed by atoms with E-state index >= 15 is 0 Å². The number of hydrogen-bond donors (Lipinski definition) is 2. The number of anilines is 1. The molecule has 6 heteroatoms. The molecule has 0 aliphatic carbocycles. The summed E-state index contributed by atoms with van der Waals surface area (Å²) in [6, 6.07) is 4.19. The number of halogens is 2. The van der Waals surface area contributed by atoms with Crippen LogP contribution in [0.3, 0.4) is 0 Å². The first-order chi connectivity index (χ1) is 9.04. The summed E-state index contributed by atoms with van der Waals surface area (Å²) in [5.74, 6) is -2.21. The van der Waals surface area contributed by atoms with Crippen LogP contribution >= 0.6 is 15.9 Å². The molecule has 0 spiro atoms. The zero-order valence-corrected chi connectivity index (χ0v) is 12.2. The van der Waals surface area contributed by atoms with Gasteiger partial charge in [-0.2, -0.15) is 0 Å². The largest absolute Gasteiger partial charge is 0.348 e. The van der Waals surface area contributed by atoms with Crippen molar-refractivity contribution in [1.29, 1.82) is 0 Å². The molecule has 4 nitrogen and oxygen atoms in total. The molecule has 104 valence electrons. The van der Waals surface area contributed by atoms with Crippen molar-refractivity contribution in [3.05, 3.63) is 28.5 Å². The van der Waals surface area contributed by atoms with Gasteiger partial charge in [-0.1, -0.05) is 35.7 Å². The van der Waals surface area contributed by atoms with E-state index in [1.54, 1.807) is 6.07 Å². The van der Waals surface area contributed by atoms with Crippen LogP contribution in [0.15, 0.2) is 22.7 Å². The normalized spacial score (nSPS) is 10.1. The summed E-state index contributed by atoms with van der Waals surface area (Å²) in [6.07, 6.45) is 2.84. The number of nitrogens with one attached hydrogen (secondary N) is 2. The summed E-state index contributed by atoms with van der Waals surface area (Å²) < 4.78 is 14.0. The van der Waals surface area contributed by atoms with Gasteiger partial charge >= 0.3 is 11.8 Å². The molecule has 1 aromatic rings. The van der Waals surface area contributed by atoms with E-state index in [0.29, 0.717) is 11.0 Å². The van der Waals surface area contributed by atoms with Gasteiger partial charge in [0.1, 0.15) is 5.82 Å². The van der Waals surface area contributed by atoms with Crippen LogP contribution < -0.4 is 10.6 Å². The lowest BCUT2D eigenvalue weighted by Gasteiger charge is -2.07. The Hall–Kier alpha value is -1.43. The Labute approximate surface area is 119 Å². The standard InChI is InChI=1S/C13H16BrFN2O2/c1-2-3-4-7-16-12(18)13(19)17-11-6-5-9(14)8-10(11)15/h5-6,8H,2-4,7H2,1H3,(H,16,18)(H,17,19). The topological polar surface area (TPSA) is 58.2 Å². The second-order valence-corrected chi connectivity index (χ2v) is 4.96. The number of unbranched alkanes of at least 4 members (excludes halogenated alkanes) is 2. The summed E-state index contributed by atoms with van der Waals surface area (Å²) in [5.41, 5.74) is -0.0168. The van der Waals surface area contributed by atoms with Crippen molar-refractivity contribution in [2.75, 3.05) is 11.9 Å². The molecule has 0 aliphatic heterocycles. The predicted octanol–water partition coefficient (Wildman–Crippen LogP) is 2.83. The quantitative estimate of drug-likeness (QED) is 0.644. The minimum atomic E-state index is -0.863. The number of carbonyl (C=O) groups is 2. The molecule has 19 heavy (non-hydrogen) atoms. The Balaban J connectivity index is 2.47. The van der Waals surface area contributed by atoms with E-state index in [1.807, 2.05) is 6.92 Å². The molecule has 0 aromatic heterocycles. The molecule has 2 N–H and O–H groups in total. The minimum absolute atomic E-state index is 0.0168. The molecule has 0 aliphatic rings. The zero-order valence-electron chi connectivity index (χ0n) is 10.6. The van der Waals surface area contributed by atoms with Gasteiger partial charge in [-0.15, -0.1) is 0 Å². The lowest BCUT2D eigenvalue weighted by molar-refractivity contribution is -0.136. The van der Waals surface area contributed by atoms with E-state index in [4.69, 9.17) is 0 Å². The Morgan fingerprint density at radius 1 is 1.26 bits per heavy atom. The van der Waals surface area contributed by atoms with Crippen LogP contribution in [0.4, 0.5) is 10.1 Å². The van der Waals surface area contributed by atoms with Gasteiger partial charge in [0.2, 0.25) is 0 Å². The van der Waals surface area contributed by atoms with E-state index in [1.165, 1.54) is 12.1 Å². The Morgan fingerprint density at radius 2 is 2.00 bits per heavy atom. The molecule has 0 fully saturated rings. The van der Waals surface area contributed by atoms with E-state index in [9.17, 15) is 14.0 Å².